The zero-order chi connectivity index (χ0) is 36.8. The van der Waals surface area contributed by atoms with Crippen LogP contribution in [0.3, 0.4) is 0 Å². The summed E-state index contributed by atoms with van der Waals surface area (Å²) in [4.78, 5) is 54.7. The van der Waals surface area contributed by atoms with Crippen LogP contribution in [0.2, 0.25) is 5.02 Å². The van der Waals surface area contributed by atoms with Gasteiger partial charge in [0.2, 0.25) is 23.2 Å². The van der Waals surface area contributed by atoms with Crippen LogP contribution < -0.4 is 34.3 Å². The molecule has 0 saturated heterocycles. The van der Waals surface area contributed by atoms with E-state index in [1.54, 1.807) is 25.1 Å². The average Bonchev–Trinajstić information content (AvgIpc) is 3.61. The number of ketones is 2. The first-order valence-electron chi connectivity index (χ1n) is 16.2. The second-order valence-electron chi connectivity index (χ2n) is 12.6. The SMILES string of the molecule is COc1ccc2c(c1)C(CCNC(=O)CC(C1=C(O)C3(Oc4c(Cl)c(OC)cc(OC)c4C3=O)C(C)CC1=O)c1ccc(O)c(OC)c1)C(=O)N2. The lowest BCUT2D eigenvalue weighted by Gasteiger charge is -2.38. The number of ether oxygens (including phenoxy) is 5. The van der Waals surface area contributed by atoms with Crippen LogP contribution in [0.5, 0.6) is 34.5 Å². The molecule has 2 aliphatic heterocycles. The Morgan fingerprint density at radius 1 is 1.00 bits per heavy atom. The fourth-order valence-electron chi connectivity index (χ4n) is 7.17. The number of halogens is 1. The standard InChI is InChI=1S/C37H37ClN2O11/c1-17-12-25(42)30(34(44)37(17)35(45)31-27(49-4)16-28(50-5)32(38)33(31)51-37)21(18-6-9-24(41)26(13-18)48-3)15-29(43)39-11-10-20-22-14-19(47-2)7-8-23(22)40-36(20)46/h6-9,13-14,16-17,20-21,41,44H,10-12,15H2,1-5H3,(H,39,43)(H,40,46). The largest absolute Gasteiger partial charge is 0.507 e. The number of fused-ring (bicyclic) bond motifs is 2. The molecule has 14 heteroatoms. The third-order valence-electron chi connectivity index (χ3n) is 9.82. The number of aliphatic hydroxyl groups is 1. The van der Waals surface area contributed by atoms with Gasteiger partial charge in [-0.3, -0.25) is 19.2 Å². The van der Waals surface area contributed by atoms with E-state index in [1.165, 1.54) is 52.7 Å². The second kappa shape index (κ2) is 13.7. The summed E-state index contributed by atoms with van der Waals surface area (Å²) in [5.74, 6) is -4.40. The van der Waals surface area contributed by atoms with Crippen LogP contribution in [-0.4, -0.2) is 74.2 Å². The van der Waals surface area contributed by atoms with Crippen LogP contribution in [0, 0.1) is 5.92 Å². The third kappa shape index (κ3) is 5.84. The van der Waals surface area contributed by atoms with Crippen molar-refractivity contribution in [2.75, 3.05) is 40.3 Å². The molecule has 0 saturated carbocycles. The van der Waals surface area contributed by atoms with Crippen molar-refractivity contribution >= 4 is 40.7 Å². The molecule has 3 aromatic rings. The van der Waals surface area contributed by atoms with Crippen LogP contribution in [0.15, 0.2) is 53.8 Å². The molecular formula is C37H37ClN2O11. The van der Waals surface area contributed by atoms with E-state index in [2.05, 4.69) is 10.6 Å². The highest BCUT2D eigenvalue weighted by molar-refractivity contribution is 6.35. The summed E-state index contributed by atoms with van der Waals surface area (Å²) in [7, 11) is 5.62. The Morgan fingerprint density at radius 2 is 1.73 bits per heavy atom. The number of hydrogen-bond donors (Lipinski definition) is 4. The lowest BCUT2D eigenvalue weighted by Crippen LogP contribution is -2.53. The van der Waals surface area contributed by atoms with Crippen LogP contribution in [-0.2, 0) is 14.4 Å². The first-order valence-corrected chi connectivity index (χ1v) is 16.5. The van der Waals surface area contributed by atoms with E-state index in [0.29, 0.717) is 17.0 Å². The van der Waals surface area contributed by atoms with Gasteiger partial charge in [0.15, 0.2) is 28.8 Å². The summed E-state index contributed by atoms with van der Waals surface area (Å²) in [6.45, 7) is 1.71. The minimum absolute atomic E-state index is 0.0202. The van der Waals surface area contributed by atoms with E-state index < -0.39 is 46.6 Å². The number of aromatic hydroxyl groups is 1. The highest BCUT2D eigenvalue weighted by atomic mass is 35.5. The Bertz CT molecular complexity index is 1990. The Hall–Kier alpha value is -5.43. The van der Waals surface area contributed by atoms with Gasteiger partial charge in [-0.1, -0.05) is 24.6 Å². The Kier molecular flexibility index (Phi) is 9.51. The van der Waals surface area contributed by atoms with Crippen LogP contribution >= 0.6 is 11.6 Å². The summed E-state index contributed by atoms with van der Waals surface area (Å²) in [6.07, 6.45) is -0.303. The first kappa shape index (κ1) is 35.4. The molecule has 0 bridgehead atoms. The average molecular weight is 721 g/mol. The van der Waals surface area contributed by atoms with Gasteiger partial charge >= 0.3 is 0 Å². The molecular weight excluding hydrogens is 684 g/mol. The monoisotopic (exact) mass is 720 g/mol. The van der Waals surface area contributed by atoms with E-state index in [9.17, 15) is 29.4 Å². The summed E-state index contributed by atoms with van der Waals surface area (Å²) in [5, 5.41) is 28.1. The number of aliphatic hydroxyl groups excluding tert-OH is 1. The number of hydrogen-bond acceptors (Lipinski definition) is 11. The number of allylic oxidation sites excluding steroid dienone is 1. The second-order valence-corrected chi connectivity index (χ2v) is 13.0. The maximum Gasteiger partial charge on any atom is 0.232 e. The molecule has 6 rings (SSSR count). The fourth-order valence-corrected chi connectivity index (χ4v) is 7.43. The van der Waals surface area contributed by atoms with E-state index in [-0.39, 0.29) is 76.6 Å². The lowest BCUT2D eigenvalue weighted by atomic mass is 9.69. The van der Waals surface area contributed by atoms with Crippen molar-refractivity contribution in [3.05, 3.63) is 75.5 Å². The quantitative estimate of drug-likeness (QED) is 0.204. The van der Waals surface area contributed by atoms with Gasteiger partial charge < -0.3 is 44.5 Å². The summed E-state index contributed by atoms with van der Waals surface area (Å²) in [6, 6.07) is 11.0. The number of benzene rings is 3. The predicted molar refractivity (Wildman–Crippen MR) is 185 cm³/mol. The summed E-state index contributed by atoms with van der Waals surface area (Å²) < 4.78 is 27.7. The molecule has 0 fully saturated rings. The Labute approximate surface area is 298 Å². The molecule has 51 heavy (non-hydrogen) atoms. The molecule has 0 aromatic heterocycles. The zero-order valence-corrected chi connectivity index (χ0v) is 29.3. The number of methoxy groups -OCH3 is 4. The summed E-state index contributed by atoms with van der Waals surface area (Å²) in [5.41, 5.74) is -0.545. The zero-order valence-electron chi connectivity index (χ0n) is 28.5. The number of rotatable bonds is 11. The highest BCUT2D eigenvalue weighted by Gasteiger charge is 2.61. The first-order chi connectivity index (χ1) is 24.4. The highest BCUT2D eigenvalue weighted by Crippen LogP contribution is 2.56. The number of amides is 2. The van der Waals surface area contributed by atoms with Gasteiger partial charge in [-0.15, -0.1) is 0 Å². The number of Topliss-reactive ketones (excluding diaryl/α,β-unsaturated/α-hetero) is 2. The van der Waals surface area contributed by atoms with E-state index in [1.807, 2.05) is 0 Å². The molecule has 1 spiro atoms. The lowest BCUT2D eigenvalue weighted by molar-refractivity contribution is -0.122. The minimum Gasteiger partial charge on any atom is -0.507 e. The molecule has 2 heterocycles. The van der Waals surface area contributed by atoms with Gasteiger partial charge in [0.05, 0.1) is 34.4 Å². The molecule has 13 nitrogen and oxygen atoms in total. The van der Waals surface area contributed by atoms with E-state index >= 15 is 0 Å². The number of phenols is 1. The fraction of sp³-hybridized carbons (Fsp3) is 0.351. The number of nitrogens with one attached hydrogen (secondary N) is 2. The van der Waals surface area contributed by atoms with Gasteiger partial charge in [0, 0.05) is 48.5 Å². The number of carbonyl (C=O) groups is 4. The van der Waals surface area contributed by atoms with E-state index in [4.69, 9.17) is 35.3 Å². The molecule has 4 N–H and O–H groups in total. The van der Waals surface area contributed by atoms with Gasteiger partial charge in [-0.05, 0) is 47.9 Å². The number of anilines is 1. The van der Waals surface area contributed by atoms with Gasteiger partial charge in [-0.2, -0.15) is 0 Å². The van der Waals surface area contributed by atoms with Crippen molar-refractivity contribution in [1.82, 2.24) is 5.32 Å². The number of carbonyl (C=O) groups excluding carboxylic acids is 4. The molecule has 4 unspecified atom stereocenters. The van der Waals surface area contributed by atoms with Crippen molar-refractivity contribution in [2.24, 2.45) is 5.92 Å². The molecule has 4 atom stereocenters. The Morgan fingerprint density at radius 3 is 2.41 bits per heavy atom. The topological polar surface area (TPSA) is 179 Å². The molecule has 268 valence electrons. The Balaban J connectivity index is 1.35. The van der Waals surface area contributed by atoms with Gasteiger partial charge in [0.25, 0.3) is 0 Å². The molecule has 3 aromatic carbocycles. The minimum atomic E-state index is -2.07. The molecule has 0 radical (unpaired) electrons. The number of phenolic OH excluding ortho intramolecular Hbond substituents is 1. The maximum absolute atomic E-state index is 14.3. The van der Waals surface area contributed by atoms with Crippen LogP contribution in [0.25, 0.3) is 0 Å². The smallest absolute Gasteiger partial charge is 0.232 e. The van der Waals surface area contributed by atoms with Gasteiger partial charge in [0.1, 0.15) is 27.8 Å². The molecule has 3 aliphatic rings. The van der Waals surface area contributed by atoms with Gasteiger partial charge in [-0.25, -0.2) is 0 Å². The van der Waals surface area contributed by atoms with Crippen molar-refractivity contribution in [2.45, 2.75) is 43.6 Å². The van der Waals surface area contributed by atoms with Crippen LogP contribution in [0.1, 0.15) is 59.5 Å². The van der Waals surface area contributed by atoms with E-state index in [0.717, 1.165) is 5.56 Å². The normalized spacial score (nSPS) is 21.1. The molecule has 1 aliphatic carbocycles. The van der Waals surface area contributed by atoms with Crippen molar-refractivity contribution in [1.29, 1.82) is 0 Å². The summed E-state index contributed by atoms with van der Waals surface area (Å²) >= 11 is 6.59. The third-order valence-corrected chi connectivity index (χ3v) is 10.2. The predicted octanol–water partition coefficient (Wildman–Crippen LogP) is 5.23. The van der Waals surface area contributed by atoms with Crippen molar-refractivity contribution in [3.63, 3.8) is 0 Å². The van der Waals surface area contributed by atoms with Crippen LogP contribution in [0.4, 0.5) is 5.69 Å². The van der Waals surface area contributed by atoms with Crippen molar-refractivity contribution in [3.8, 4) is 34.5 Å². The van der Waals surface area contributed by atoms with Crippen molar-refractivity contribution < 1.29 is 53.1 Å². The maximum atomic E-state index is 14.3. The molecule has 2 amide bonds.